The maximum atomic E-state index is 12.3. The topological polar surface area (TPSA) is 57.0 Å². The van der Waals surface area contributed by atoms with E-state index in [-0.39, 0.29) is 5.78 Å². The predicted octanol–water partition coefficient (Wildman–Crippen LogP) is 2.52. The zero-order valence-electron chi connectivity index (χ0n) is 11.5. The molecule has 1 saturated carbocycles. The normalized spacial score (nSPS) is 16.6. The lowest BCUT2D eigenvalue weighted by Crippen LogP contribution is -2.04. The van der Waals surface area contributed by atoms with Crippen LogP contribution < -0.4 is 4.74 Å². The van der Waals surface area contributed by atoms with Crippen molar-refractivity contribution in [3.05, 3.63) is 35.7 Å². The largest absolute Gasteiger partial charge is 0.493 e. The first-order valence-corrected chi connectivity index (χ1v) is 8.11. The number of carbonyl (C=O) groups excluding carboxylic acids is 1. The molecule has 2 aromatic rings. The summed E-state index contributed by atoms with van der Waals surface area (Å²) >= 11 is 1.47. The van der Waals surface area contributed by atoms with Crippen LogP contribution in [-0.4, -0.2) is 32.9 Å². The lowest BCUT2D eigenvalue weighted by atomic mass is 10.1. The highest BCUT2D eigenvalue weighted by Crippen LogP contribution is 2.37. The van der Waals surface area contributed by atoms with Crippen molar-refractivity contribution in [1.29, 1.82) is 0 Å². The van der Waals surface area contributed by atoms with Gasteiger partial charge >= 0.3 is 0 Å². The van der Waals surface area contributed by atoms with E-state index in [1.165, 1.54) is 24.6 Å². The third kappa shape index (κ3) is 2.55. The van der Waals surface area contributed by atoms with Crippen LogP contribution in [0.25, 0.3) is 0 Å². The van der Waals surface area contributed by atoms with Crippen molar-refractivity contribution in [2.24, 2.45) is 0 Å². The highest BCUT2D eigenvalue weighted by Gasteiger charge is 2.26. The Labute approximate surface area is 126 Å². The SMILES string of the molecule is O=C(CSc1nncn1C1CC1)c1ccc2c(c1)CCO2. The molecule has 108 valence electrons. The van der Waals surface area contributed by atoms with Crippen LogP contribution >= 0.6 is 11.8 Å². The van der Waals surface area contributed by atoms with Gasteiger partial charge in [-0.05, 0) is 36.6 Å². The molecule has 4 rings (SSSR count). The smallest absolute Gasteiger partial charge is 0.191 e. The first kappa shape index (κ1) is 12.9. The number of carbonyl (C=O) groups is 1. The summed E-state index contributed by atoms with van der Waals surface area (Å²) in [5, 5.41) is 8.89. The Morgan fingerprint density at radius 1 is 1.43 bits per heavy atom. The number of ketones is 1. The van der Waals surface area contributed by atoms with Crippen molar-refractivity contribution >= 4 is 17.5 Å². The van der Waals surface area contributed by atoms with Crippen molar-refractivity contribution in [3.63, 3.8) is 0 Å². The molecule has 1 fully saturated rings. The summed E-state index contributed by atoms with van der Waals surface area (Å²) in [4.78, 5) is 12.3. The van der Waals surface area contributed by atoms with Crippen molar-refractivity contribution in [2.45, 2.75) is 30.5 Å². The molecule has 0 spiro atoms. The van der Waals surface area contributed by atoms with E-state index in [0.717, 1.165) is 28.5 Å². The van der Waals surface area contributed by atoms with E-state index in [9.17, 15) is 4.79 Å². The Morgan fingerprint density at radius 3 is 3.19 bits per heavy atom. The van der Waals surface area contributed by atoms with E-state index >= 15 is 0 Å². The number of Topliss-reactive ketones (excluding diaryl/α,β-unsaturated/α-hetero) is 1. The second-order valence-electron chi connectivity index (χ2n) is 5.38. The highest BCUT2D eigenvalue weighted by atomic mass is 32.2. The van der Waals surface area contributed by atoms with E-state index in [1.54, 1.807) is 6.33 Å². The Morgan fingerprint density at radius 2 is 2.33 bits per heavy atom. The molecule has 1 aliphatic heterocycles. The summed E-state index contributed by atoms with van der Waals surface area (Å²) in [6.07, 6.45) is 5.02. The monoisotopic (exact) mass is 301 g/mol. The van der Waals surface area contributed by atoms with Gasteiger partial charge in [-0.3, -0.25) is 4.79 Å². The molecule has 0 bridgehead atoms. The fraction of sp³-hybridized carbons (Fsp3) is 0.400. The Kier molecular flexibility index (Phi) is 3.18. The van der Waals surface area contributed by atoms with Gasteiger partial charge in [0.1, 0.15) is 12.1 Å². The van der Waals surface area contributed by atoms with Gasteiger partial charge in [-0.15, -0.1) is 10.2 Å². The van der Waals surface area contributed by atoms with Crippen molar-refractivity contribution in [2.75, 3.05) is 12.4 Å². The predicted molar refractivity (Wildman–Crippen MR) is 79.0 cm³/mol. The van der Waals surface area contributed by atoms with Crippen LogP contribution in [-0.2, 0) is 6.42 Å². The van der Waals surface area contributed by atoms with E-state index in [1.807, 2.05) is 18.2 Å². The van der Waals surface area contributed by atoms with Gasteiger partial charge in [-0.25, -0.2) is 0 Å². The molecule has 5 nitrogen and oxygen atoms in total. The number of benzene rings is 1. The molecule has 0 atom stereocenters. The highest BCUT2D eigenvalue weighted by molar-refractivity contribution is 7.99. The second-order valence-corrected chi connectivity index (χ2v) is 6.33. The molecule has 0 N–H and O–H groups in total. The quantitative estimate of drug-likeness (QED) is 0.627. The summed E-state index contributed by atoms with van der Waals surface area (Å²) < 4.78 is 7.54. The third-order valence-corrected chi connectivity index (χ3v) is 4.78. The molecule has 21 heavy (non-hydrogen) atoms. The van der Waals surface area contributed by atoms with Gasteiger partial charge in [0.25, 0.3) is 0 Å². The minimum atomic E-state index is 0.125. The van der Waals surface area contributed by atoms with Crippen molar-refractivity contribution in [1.82, 2.24) is 14.8 Å². The molecule has 0 saturated heterocycles. The minimum Gasteiger partial charge on any atom is -0.493 e. The second kappa shape index (κ2) is 5.18. The lowest BCUT2D eigenvalue weighted by Gasteiger charge is -2.05. The Hall–Kier alpha value is -1.82. The van der Waals surface area contributed by atoms with E-state index in [0.29, 0.717) is 18.4 Å². The van der Waals surface area contributed by atoms with E-state index < -0.39 is 0 Å². The number of hydrogen-bond acceptors (Lipinski definition) is 5. The fourth-order valence-electron chi connectivity index (χ4n) is 2.51. The van der Waals surface area contributed by atoms with Crippen LogP contribution in [0, 0.1) is 0 Å². The zero-order chi connectivity index (χ0) is 14.2. The van der Waals surface area contributed by atoms with Crippen molar-refractivity contribution in [3.8, 4) is 5.75 Å². The molecule has 1 aromatic carbocycles. The zero-order valence-corrected chi connectivity index (χ0v) is 12.3. The molecule has 2 aliphatic rings. The fourth-order valence-corrected chi connectivity index (χ4v) is 3.39. The maximum absolute atomic E-state index is 12.3. The summed E-state index contributed by atoms with van der Waals surface area (Å²) in [7, 11) is 0. The molecular weight excluding hydrogens is 286 g/mol. The molecule has 0 amide bonds. The molecule has 6 heteroatoms. The van der Waals surface area contributed by atoms with Crippen LogP contribution in [0.5, 0.6) is 5.75 Å². The third-order valence-electron chi connectivity index (χ3n) is 3.82. The van der Waals surface area contributed by atoms with Gasteiger partial charge in [0, 0.05) is 18.0 Å². The Balaban J connectivity index is 1.44. The number of rotatable bonds is 5. The number of thioether (sulfide) groups is 1. The number of fused-ring (bicyclic) bond motifs is 1. The van der Waals surface area contributed by atoms with Crippen LogP contribution in [0.4, 0.5) is 0 Å². The van der Waals surface area contributed by atoms with Gasteiger partial charge in [0.15, 0.2) is 10.9 Å². The van der Waals surface area contributed by atoms with Gasteiger partial charge in [-0.2, -0.15) is 0 Å². The van der Waals surface area contributed by atoms with E-state index in [4.69, 9.17) is 4.74 Å². The first-order valence-electron chi connectivity index (χ1n) is 7.12. The average Bonchev–Trinajstić information content (AvgIpc) is 3.06. The van der Waals surface area contributed by atoms with Crippen molar-refractivity contribution < 1.29 is 9.53 Å². The number of ether oxygens (including phenoxy) is 1. The minimum absolute atomic E-state index is 0.125. The van der Waals surface area contributed by atoms with Crippen LogP contribution in [0.15, 0.2) is 29.7 Å². The summed E-state index contributed by atoms with van der Waals surface area (Å²) in [6, 6.07) is 6.23. The molecule has 1 aromatic heterocycles. The summed E-state index contributed by atoms with van der Waals surface area (Å²) in [6.45, 7) is 0.715. The van der Waals surface area contributed by atoms with Crippen LogP contribution in [0.2, 0.25) is 0 Å². The maximum Gasteiger partial charge on any atom is 0.191 e. The van der Waals surface area contributed by atoms with Gasteiger partial charge in [0.05, 0.1) is 12.4 Å². The molecule has 0 radical (unpaired) electrons. The van der Waals surface area contributed by atoms with Crippen LogP contribution in [0.3, 0.4) is 0 Å². The average molecular weight is 301 g/mol. The standard InChI is InChI=1S/C15H15N3O2S/c19-13(10-1-4-14-11(7-10)5-6-20-14)8-21-15-17-16-9-18(15)12-2-3-12/h1,4,7,9,12H,2-3,5-6,8H2. The first-order chi connectivity index (χ1) is 10.3. The van der Waals surface area contributed by atoms with Crippen LogP contribution in [0.1, 0.15) is 34.8 Å². The lowest BCUT2D eigenvalue weighted by molar-refractivity contribution is 0.102. The number of hydrogen-bond donors (Lipinski definition) is 0. The van der Waals surface area contributed by atoms with Gasteiger partial charge in [0.2, 0.25) is 0 Å². The Bertz CT molecular complexity index is 694. The number of aromatic nitrogens is 3. The van der Waals surface area contributed by atoms with Gasteiger partial charge in [-0.1, -0.05) is 11.8 Å². The summed E-state index contributed by atoms with van der Waals surface area (Å²) in [5.74, 6) is 1.43. The summed E-state index contributed by atoms with van der Waals surface area (Å²) in [5.41, 5.74) is 1.89. The van der Waals surface area contributed by atoms with Gasteiger partial charge < -0.3 is 9.30 Å². The molecular formula is C15H15N3O2S. The van der Waals surface area contributed by atoms with E-state index in [2.05, 4.69) is 14.8 Å². The molecule has 2 heterocycles. The molecule has 0 unspecified atom stereocenters. The number of nitrogens with zero attached hydrogens (tertiary/aromatic N) is 3. The molecule has 1 aliphatic carbocycles.